The highest BCUT2D eigenvalue weighted by atomic mass is 16.6. The average molecular weight is 170 g/mol. The first-order chi connectivity index (χ1) is 5.58. The van der Waals surface area contributed by atoms with E-state index in [4.69, 9.17) is 10.3 Å². The first-order valence-electron chi connectivity index (χ1n) is 3.98. The molecule has 0 rings (SSSR count). The van der Waals surface area contributed by atoms with Crippen LogP contribution in [0.3, 0.4) is 0 Å². The SMILES string of the molecule is CCC(C)(CC)OC(=O)C=[N+]=[N-]. The molecule has 0 fully saturated rings. The summed E-state index contributed by atoms with van der Waals surface area (Å²) in [5.41, 5.74) is 7.60. The predicted octanol–water partition coefficient (Wildman–Crippen LogP) is 1.41. The summed E-state index contributed by atoms with van der Waals surface area (Å²) in [4.78, 5) is 13.4. The van der Waals surface area contributed by atoms with Crippen LogP contribution >= 0.6 is 0 Å². The Morgan fingerprint density at radius 1 is 1.58 bits per heavy atom. The molecule has 0 unspecified atom stereocenters. The standard InChI is InChI=1S/C8H14N2O2/c1-4-8(3,5-2)12-7(11)6-10-9/h6H,4-5H2,1-3H3. The summed E-state index contributed by atoms with van der Waals surface area (Å²) < 4.78 is 5.03. The number of carbonyl (C=O) groups excluding carboxylic acids is 1. The smallest absolute Gasteiger partial charge is 0.414 e. The zero-order chi connectivity index (χ0) is 9.61. The van der Waals surface area contributed by atoms with E-state index in [1.54, 1.807) is 0 Å². The van der Waals surface area contributed by atoms with Crippen molar-refractivity contribution in [2.75, 3.05) is 0 Å². The molecule has 0 bridgehead atoms. The molecule has 68 valence electrons. The lowest BCUT2D eigenvalue weighted by Gasteiger charge is -2.24. The molecule has 0 aromatic heterocycles. The number of hydrogen-bond acceptors (Lipinski definition) is 2. The van der Waals surface area contributed by atoms with Crippen LogP contribution < -0.4 is 0 Å². The van der Waals surface area contributed by atoms with Crippen molar-refractivity contribution in [2.45, 2.75) is 39.2 Å². The molecule has 0 aromatic rings. The number of ether oxygens (including phenoxy) is 1. The fourth-order valence-electron chi connectivity index (χ4n) is 0.711. The Morgan fingerprint density at radius 3 is 2.42 bits per heavy atom. The highest BCUT2D eigenvalue weighted by molar-refractivity contribution is 6.20. The van der Waals surface area contributed by atoms with E-state index in [1.165, 1.54) is 0 Å². The van der Waals surface area contributed by atoms with Crippen molar-refractivity contribution in [1.82, 2.24) is 0 Å². The summed E-state index contributed by atoms with van der Waals surface area (Å²) in [7, 11) is 0. The van der Waals surface area contributed by atoms with Gasteiger partial charge in [-0.3, -0.25) is 0 Å². The maximum Gasteiger partial charge on any atom is 0.414 e. The van der Waals surface area contributed by atoms with E-state index in [2.05, 4.69) is 4.79 Å². The van der Waals surface area contributed by atoms with E-state index < -0.39 is 11.6 Å². The first kappa shape index (κ1) is 10.8. The van der Waals surface area contributed by atoms with E-state index in [0.29, 0.717) is 0 Å². The van der Waals surface area contributed by atoms with Crippen molar-refractivity contribution >= 4 is 12.2 Å². The molecule has 12 heavy (non-hydrogen) atoms. The normalized spacial score (nSPS) is 10.2. The number of hydrogen-bond donors (Lipinski definition) is 0. The molecule has 0 spiro atoms. The summed E-state index contributed by atoms with van der Waals surface area (Å²) >= 11 is 0. The third-order valence-corrected chi connectivity index (χ3v) is 2.01. The minimum absolute atomic E-state index is 0.446. The maximum absolute atomic E-state index is 10.8. The topological polar surface area (TPSA) is 62.7 Å². The van der Waals surface area contributed by atoms with E-state index >= 15 is 0 Å². The minimum atomic E-state index is -0.608. The van der Waals surface area contributed by atoms with Crippen molar-refractivity contribution in [2.24, 2.45) is 0 Å². The van der Waals surface area contributed by atoms with Gasteiger partial charge in [0.15, 0.2) is 0 Å². The van der Waals surface area contributed by atoms with Crippen LogP contribution in [0, 0.1) is 0 Å². The fraction of sp³-hybridized carbons (Fsp3) is 0.750. The molecule has 0 saturated carbocycles. The zero-order valence-corrected chi connectivity index (χ0v) is 7.70. The molecule has 4 heteroatoms. The van der Waals surface area contributed by atoms with Gasteiger partial charge in [0.05, 0.1) is 0 Å². The van der Waals surface area contributed by atoms with Gasteiger partial charge in [-0.25, -0.2) is 4.79 Å². The summed E-state index contributed by atoms with van der Waals surface area (Å²) in [5, 5.41) is 0. The second-order valence-electron chi connectivity index (χ2n) is 2.82. The van der Waals surface area contributed by atoms with Gasteiger partial charge in [-0.15, -0.1) is 0 Å². The lowest BCUT2D eigenvalue weighted by Crippen LogP contribution is -2.30. The molecule has 0 amide bonds. The second-order valence-corrected chi connectivity index (χ2v) is 2.82. The van der Waals surface area contributed by atoms with Crippen LogP contribution in [0.4, 0.5) is 0 Å². The Labute approximate surface area is 72.2 Å². The molecular formula is C8H14N2O2. The molecule has 0 aliphatic heterocycles. The molecule has 0 aliphatic carbocycles. The van der Waals surface area contributed by atoms with Crippen LogP contribution in [0.15, 0.2) is 0 Å². The predicted molar refractivity (Wildman–Crippen MR) is 44.8 cm³/mol. The molecule has 0 aliphatic rings. The number of rotatable bonds is 4. The summed E-state index contributed by atoms with van der Waals surface area (Å²) in [6, 6.07) is 0. The molecule has 0 atom stereocenters. The Hall–Kier alpha value is -1.15. The molecule has 0 N–H and O–H groups in total. The second kappa shape index (κ2) is 4.67. The lowest BCUT2D eigenvalue weighted by molar-refractivity contribution is -0.153. The number of carbonyl (C=O) groups is 1. The van der Waals surface area contributed by atoms with E-state index in [-0.39, 0.29) is 0 Å². The van der Waals surface area contributed by atoms with Gasteiger partial charge in [0.25, 0.3) is 0 Å². The third kappa shape index (κ3) is 3.30. The van der Waals surface area contributed by atoms with Crippen LogP contribution in [-0.4, -0.2) is 22.6 Å². The molecule has 0 aromatic carbocycles. The summed E-state index contributed by atoms with van der Waals surface area (Å²) in [6.45, 7) is 5.72. The van der Waals surface area contributed by atoms with Crippen molar-refractivity contribution in [1.29, 1.82) is 0 Å². The van der Waals surface area contributed by atoms with Crippen molar-refractivity contribution in [3.8, 4) is 0 Å². The molecule has 4 nitrogen and oxygen atoms in total. The Bertz CT molecular complexity index is 203. The van der Waals surface area contributed by atoms with Crippen LogP contribution in [-0.2, 0) is 9.53 Å². The highest BCUT2D eigenvalue weighted by Crippen LogP contribution is 2.18. The Balaban J connectivity index is 4.20. The summed E-state index contributed by atoms with van der Waals surface area (Å²) in [5.74, 6) is -0.608. The van der Waals surface area contributed by atoms with Gasteiger partial charge < -0.3 is 10.3 Å². The van der Waals surface area contributed by atoms with Crippen LogP contribution in [0.25, 0.3) is 5.53 Å². The van der Waals surface area contributed by atoms with Crippen molar-refractivity contribution < 1.29 is 14.3 Å². The van der Waals surface area contributed by atoms with Crippen molar-refractivity contribution in [3.63, 3.8) is 0 Å². The van der Waals surface area contributed by atoms with Gasteiger partial charge in [0, 0.05) is 0 Å². The quantitative estimate of drug-likeness (QED) is 0.277. The highest BCUT2D eigenvalue weighted by Gasteiger charge is 2.24. The largest absolute Gasteiger partial charge is 0.451 e. The van der Waals surface area contributed by atoms with Gasteiger partial charge in [-0.05, 0) is 19.8 Å². The number of nitrogens with zero attached hydrogens (tertiary/aromatic N) is 2. The third-order valence-electron chi connectivity index (χ3n) is 2.01. The molecular weight excluding hydrogens is 156 g/mol. The molecule has 0 heterocycles. The van der Waals surface area contributed by atoms with Gasteiger partial charge in [0.1, 0.15) is 5.60 Å². The number of esters is 1. The van der Waals surface area contributed by atoms with Crippen LogP contribution in [0.1, 0.15) is 33.6 Å². The monoisotopic (exact) mass is 170 g/mol. The first-order valence-corrected chi connectivity index (χ1v) is 3.98. The maximum atomic E-state index is 10.8. The van der Waals surface area contributed by atoms with E-state index in [1.807, 2.05) is 20.8 Å². The van der Waals surface area contributed by atoms with Crippen LogP contribution in [0.5, 0.6) is 0 Å². The van der Waals surface area contributed by atoms with E-state index in [0.717, 1.165) is 19.1 Å². The zero-order valence-electron chi connectivity index (χ0n) is 7.70. The summed E-state index contributed by atoms with van der Waals surface area (Å²) in [6.07, 6.45) is 2.24. The molecule has 0 radical (unpaired) electrons. The van der Waals surface area contributed by atoms with Crippen molar-refractivity contribution in [3.05, 3.63) is 5.53 Å². The van der Waals surface area contributed by atoms with Gasteiger partial charge in [-0.2, -0.15) is 4.79 Å². The van der Waals surface area contributed by atoms with Gasteiger partial charge in [-0.1, -0.05) is 13.8 Å². The molecule has 0 saturated heterocycles. The van der Waals surface area contributed by atoms with Gasteiger partial charge >= 0.3 is 12.2 Å². The van der Waals surface area contributed by atoms with Gasteiger partial charge in [0.2, 0.25) is 0 Å². The van der Waals surface area contributed by atoms with Crippen LogP contribution in [0.2, 0.25) is 0 Å². The van der Waals surface area contributed by atoms with E-state index in [9.17, 15) is 4.79 Å². The average Bonchev–Trinajstić information content (AvgIpc) is 2.05. The Kier molecular flexibility index (Phi) is 4.22. The Morgan fingerprint density at radius 2 is 2.08 bits per heavy atom. The fourth-order valence-corrected chi connectivity index (χ4v) is 0.711. The lowest BCUT2D eigenvalue weighted by atomic mass is 10.0. The minimum Gasteiger partial charge on any atom is -0.451 e.